The van der Waals surface area contributed by atoms with E-state index in [1.807, 2.05) is 6.92 Å². The van der Waals surface area contributed by atoms with E-state index in [1.165, 1.54) is 13.0 Å². The van der Waals surface area contributed by atoms with Crippen LogP contribution in [0.1, 0.15) is 39.2 Å². The van der Waals surface area contributed by atoms with Crippen molar-refractivity contribution in [2.75, 3.05) is 5.73 Å². The van der Waals surface area contributed by atoms with Crippen LogP contribution in [0.15, 0.2) is 17.0 Å². The van der Waals surface area contributed by atoms with E-state index in [1.54, 1.807) is 6.92 Å². The third-order valence-corrected chi connectivity index (χ3v) is 4.93. The second-order valence-electron chi connectivity index (χ2n) is 5.42. The zero-order valence-corrected chi connectivity index (χ0v) is 13.2. The Kier molecular flexibility index (Phi) is 5.53. The van der Waals surface area contributed by atoms with Gasteiger partial charge < -0.3 is 5.73 Å². The molecule has 2 unspecified atom stereocenters. The van der Waals surface area contributed by atoms with Gasteiger partial charge in [0.1, 0.15) is 10.7 Å². The lowest BCUT2D eigenvalue weighted by atomic mass is 10.0. The van der Waals surface area contributed by atoms with E-state index in [2.05, 4.69) is 11.6 Å². The minimum absolute atomic E-state index is 0.222. The molecular formula is C14H23FN2O2S. The van der Waals surface area contributed by atoms with Gasteiger partial charge in [-0.3, -0.25) is 0 Å². The summed E-state index contributed by atoms with van der Waals surface area (Å²) < 4.78 is 41.0. The lowest BCUT2D eigenvalue weighted by Crippen LogP contribution is -2.34. The number of anilines is 1. The van der Waals surface area contributed by atoms with E-state index in [4.69, 9.17) is 5.73 Å². The van der Waals surface area contributed by atoms with Crippen LogP contribution in [0.4, 0.5) is 10.1 Å². The van der Waals surface area contributed by atoms with Crippen molar-refractivity contribution in [2.24, 2.45) is 5.92 Å². The van der Waals surface area contributed by atoms with Crippen LogP contribution in [0.3, 0.4) is 0 Å². The highest BCUT2D eigenvalue weighted by molar-refractivity contribution is 7.89. The number of aryl methyl sites for hydroxylation is 1. The lowest BCUT2D eigenvalue weighted by Gasteiger charge is -2.18. The largest absolute Gasteiger partial charge is 0.399 e. The molecule has 114 valence electrons. The predicted molar refractivity (Wildman–Crippen MR) is 79.4 cm³/mol. The van der Waals surface area contributed by atoms with Gasteiger partial charge in [0.05, 0.1) is 0 Å². The van der Waals surface area contributed by atoms with Crippen LogP contribution in [0, 0.1) is 18.7 Å². The minimum Gasteiger partial charge on any atom is -0.399 e. The second kappa shape index (κ2) is 6.54. The minimum atomic E-state index is -3.89. The Morgan fingerprint density at radius 2 is 1.95 bits per heavy atom. The van der Waals surface area contributed by atoms with Crippen LogP contribution >= 0.6 is 0 Å². The van der Waals surface area contributed by atoms with E-state index in [9.17, 15) is 12.8 Å². The molecule has 0 aromatic heterocycles. The maximum Gasteiger partial charge on any atom is 0.243 e. The number of benzene rings is 1. The molecule has 0 aliphatic carbocycles. The predicted octanol–water partition coefficient (Wildman–Crippen LogP) is 2.82. The SMILES string of the molecule is CCC(C)CC(C)NS(=O)(=O)c1cc(N)cc(C)c1F. The van der Waals surface area contributed by atoms with Gasteiger partial charge in [-0.15, -0.1) is 0 Å². The summed E-state index contributed by atoms with van der Waals surface area (Å²) in [5.74, 6) is -0.345. The molecule has 0 fully saturated rings. The molecule has 3 N–H and O–H groups in total. The monoisotopic (exact) mass is 302 g/mol. The Morgan fingerprint density at radius 1 is 1.35 bits per heavy atom. The van der Waals surface area contributed by atoms with E-state index < -0.39 is 15.8 Å². The highest BCUT2D eigenvalue weighted by Crippen LogP contribution is 2.22. The summed E-state index contributed by atoms with van der Waals surface area (Å²) in [5, 5.41) is 0. The van der Waals surface area contributed by atoms with Crippen molar-refractivity contribution < 1.29 is 12.8 Å². The van der Waals surface area contributed by atoms with E-state index >= 15 is 0 Å². The van der Waals surface area contributed by atoms with Gasteiger partial charge in [-0.25, -0.2) is 17.5 Å². The molecule has 4 nitrogen and oxygen atoms in total. The standard InChI is InChI=1S/C14H23FN2O2S/c1-5-9(2)6-11(4)17-20(18,19)13-8-12(16)7-10(3)14(13)15/h7-9,11,17H,5-6,16H2,1-4H3. The summed E-state index contributed by atoms with van der Waals surface area (Å²) in [6, 6.07) is 2.31. The summed E-state index contributed by atoms with van der Waals surface area (Å²) in [7, 11) is -3.89. The number of rotatable bonds is 6. The maximum absolute atomic E-state index is 14.0. The molecule has 6 heteroatoms. The first-order chi connectivity index (χ1) is 9.17. The molecule has 0 radical (unpaired) electrons. The average molecular weight is 302 g/mol. The van der Waals surface area contributed by atoms with Gasteiger partial charge in [-0.05, 0) is 43.9 Å². The van der Waals surface area contributed by atoms with Gasteiger partial charge >= 0.3 is 0 Å². The molecule has 0 saturated carbocycles. The molecule has 2 atom stereocenters. The lowest BCUT2D eigenvalue weighted by molar-refractivity contribution is 0.444. The summed E-state index contributed by atoms with van der Waals surface area (Å²) in [6.07, 6.45) is 1.68. The highest BCUT2D eigenvalue weighted by atomic mass is 32.2. The second-order valence-corrected chi connectivity index (χ2v) is 7.10. The van der Waals surface area contributed by atoms with Crippen LogP contribution < -0.4 is 10.5 Å². The normalized spacial score (nSPS) is 15.1. The highest BCUT2D eigenvalue weighted by Gasteiger charge is 2.23. The Bertz CT molecular complexity index is 573. The summed E-state index contributed by atoms with van der Waals surface area (Å²) in [6.45, 7) is 7.37. The van der Waals surface area contributed by atoms with Gasteiger partial charge in [0.2, 0.25) is 10.0 Å². The van der Waals surface area contributed by atoms with Crippen molar-refractivity contribution >= 4 is 15.7 Å². The van der Waals surface area contributed by atoms with Crippen LogP contribution in [0.5, 0.6) is 0 Å². The van der Waals surface area contributed by atoms with E-state index in [0.717, 1.165) is 12.5 Å². The number of hydrogen-bond acceptors (Lipinski definition) is 3. The smallest absolute Gasteiger partial charge is 0.243 e. The molecule has 1 rings (SSSR count). The molecule has 0 amide bonds. The Labute approximate surface area is 120 Å². The summed E-state index contributed by atoms with van der Waals surface area (Å²) in [4.78, 5) is -0.383. The van der Waals surface area contributed by atoms with Crippen LogP contribution in [-0.4, -0.2) is 14.5 Å². The van der Waals surface area contributed by atoms with Crippen molar-refractivity contribution in [2.45, 2.75) is 51.5 Å². The molecule has 0 saturated heterocycles. The van der Waals surface area contributed by atoms with Gasteiger partial charge in [0, 0.05) is 11.7 Å². The number of nitrogen functional groups attached to an aromatic ring is 1. The van der Waals surface area contributed by atoms with Crippen molar-refractivity contribution in [1.82, 2.24) is 4.72 Å². The van der Waals surface area contributed by atoms with E-state index in [0.29, 0.717) is 12.3 Å². The molecule has 0 aliphatic rings. The fourth-order valence-corrected chi connectivity index (χ4v) is 3.55. The van der Waals surface area contributed by atoms with Crippen molar-refractivity contribution in [3.05, 3.63) is 23.5 Å². The molecule has 0 heterocycles. The maximum atomic E-state index is 14.0. The van der Waals surface area contributed by atoms with Gasteiger partial charge in [0.15, 0.2) is 0 Å². The van der Waals surface area contributed by atoms with Gasteiger partial charge in [-0.1, -0.05) is 20.3 Å². The molecule has 1 aromatic rings. The molecule has 20 heavy (non-hydrogen) atoms. The molecule has 0 aliphatic heterocycles. The Hall–Kier alpha value is -1.14. The quantitative estimate of drug-likeness (QED) is 0.794. The van der Waals surface area contributed by atoms with Crippen molar-refractivity contribution in [3.8, 4) is 0 Å². The third-order valence-electron chi connectivity index (χ3n) is 3.34. The molecule has 1 aromatic carbocycles. The molecule has 0 spiro atoms. The van der Waals surface area contributed by atoms with Crippen molar-refractivity contribution in [3.63, 3.8) is 0 Å². The average Bonchev–Trinajstić information content (AvgIpc) is 2.32. The zero-order chi connectivity index (χ0) is 15.5. The van der Waals surface area contributed by atoms with Crippen molar-refractivity contribution in [1.29, 1.82) is 0 Å². The number of nitrogens with one attached hydrogen (secondary N) is 1. The van der Waals surface area contributed by atoms with Crippen LogP contribution in [-0.2, 0) is 10.0 Å². The number of sulfonamides is 1. The first-order valence-electron chi connectivity index (χ1n) is 6.75. The van der Waals surface area contributed by atoms with Crippen LogP contribution in [0.2, 0.25) is 0 Å². The summed E-state index contributed by atoms with van der Waals surface area (Å²) >= 11 is 0. The first-order valence-corrected chi connectivity index (χ1v) is 8.23. The fraction of sp³-hybridized carbons (Fsp3) is 0.571. The van der Waals surface area contributed by atoms with Gasteiger partial charge in [0.25, 0.3) is 0 Å². The summed E-state index contributed by atoms with van der Waals surface area (Å²) in [5.41, 5.74) is 6.06. The molecule has 0 bridgehead atoms. The number of nitrogens with two attached hydrogens (primary N) is 1. The zero-order valence-electron chi connectivity index (χ0n) is 12.4. The Balaban J connectivity index is 3.00. The third kappa shape index (κ3) is 4.18. The van der Waals surface area contributed by atoms with E-state index in [-0.39, 0.29) is 22.2 Å². The number of halogens is 1. The fourth-order valence-electron chi connectivity index (χ4n) is 2.11. The van der Waals surface area contributed by atoms with Crippen LogP contribution in [0.25, 0.3) is 0 Å². The molecular weight excluding hydrogens is 279 g/mol. The van der Waals surface area contributed by atoms with Gasteiger partial charge in [-0.2, -0.15) is 0 Å². The first kappa shape index (κ1) is 16.9. The topological polar surface area (TPSA) is 72.2 Å². The Morgan fingerprint density at radius 3 is 2.50 bits per heavy atom. The number of hydrogen-bond donors (Lipinski definition) is 2.